The Balaban J connectivity index is 1.52. The van der Waals surface area contributed by atoms with E-state index in [-0.39, 0.29) is 17.9 Å². The fraction of sp³-hybridized carbons (Fsp3) is 0.613. The summed E-state index contributed by atoms with van der Waals surface area (Å²) >= 11 is 0. The van der Waals surface area contributed by atoms with E-state index in [0.29, 0.717) is 23.4 Å². The molecule has 3 rings (SSSR count). The fourth-order valence-electron chi connectivity index (χ4n) is 5.75. The monoisotopic (exact) mass is 608 g/mol. The molecule has 0 aliphatic carbocycles. The summed E-state index contributed by atoms with van der Waals surface area (Å²) in [4.78, 5) is -0.457. The third-order valence-electron chi connectivity index (χ3n) is 8.04. The van der Waals surface area contributed by atoms with Gasteiger partial charge in [0.1, 0.15) is 0 Å². The van der Waals surface area contributed by atoms with Gasteiger partial charge in [-0.15, -0.1) is 0 Å². The van der Waals surface area contributed by atoms with E-state index in [9.17, 15) is 25.9 Å². The number of unbranched alkanes of at least 4 members (excludes halogenated alkanes) is 14. The molecule has 3 N–H and O–H groups in total. The van der Waals surface area contributed by atoms with E-state index >= 15 is 0 Å². The number of hydrogen-bond acceptors (Lipinski definition) is 6. The molecule has 0 bridgehead atoms. The number of anilines is 2. The highest BCUT2D eigenvalue weighted by Gasteiger charge is 2.52. The molecule has 2 aromatic carbocycles. The Hall–Kier alpha value is -2.14. The Bertz CT molecular complexity index is 1300. The van der Waals surface area contributed by atoms with Crippen LogP contribution in [0.15, 0.2) is 53.4 Å². The lowest BCUT2D eigenvalue weighted by molar-refractivity contribution is 0.408. The van der Waals surface area contributed by atoms with Crippen LogP contribution < -0.4 is 10.2 Å². The SMILES string of the molecule is CCCCCCCCCCCCCCCCCC1(S(=O)(=O)O)Nc2ccccc2N1Cc1cccc(S(=O)(=O)O)c1. The first-order valence-electron chi connectivity index (χ1n) is 15.3. The molecule has 0 radical (unpaired) electrons. The Morgan fingerprint density at radius 3 is 1.78 bits per heavy atom. The zero-order valence-electron chi connectivity index (χ0n) is 24.4. The molecule has 10 heteroatoms. The molecule has 1 unspecified atom stereocenters. The minimum absolute atomic E-state index is 0.0197. The Morgan fingerprint density at radius 1 is 0.707 bits per heavy atom. The third-order valence-corrected chi connectivity index (χ3v) is 10.3. The van der Waals surface area contributed by atoms with Crippen LogP contribution in [-0.2, 0) is 26.8 Å². The number of fused-ring (bicyclic) bond motifs is 1. The van der Waals surface area contributed by atoms with Crippen molar-refractivity contribution >= 4 is 31.6 Å². The standard InChI is InChI=1S/C31H48N2O6S2/c1-2-3-4-5-6-7-8-9-10-11-12-13-14-15-18-24-31(41(37,38)39)32-29-22-16-17-23-30(29)33(31)26-27-20-19-21-28(25-27)40(34,35)36/h16-17,19-23,25,32H,2-15,18,24,26H2,1H3,(H,34,35,36)(H,37,38,39). The van der Waals surface area contributed by atoms with Crippen molar-refractivity contribution < 1.29 is 25.9 Å². The summed E-state index contributed by atoms with van der Waals surface area (Å²) in [6.07, 6.45) is 18.1. The van der Waals surface area contributed by atoms with Crippen LogP contribution in [0.4, 0.5) is 11.4 Å². The quantitative estimate of drug-likeness (QED) is 0.102. The second-order valence-electron chi connectivity index (χ2n) is 11.3. The third kappa shape index (κ3) is 9.70. The van der Waals surface area contributed by atoms with E-state index in [2.05, 4.69) is 12.2 Å². The summed E-state index contributed by atoms with van der Waals surface area (Å²) in [7, 11) is -9.03. The smallest absolute Gasteiger partial charge is 0.308 e. The number of rotatable bonds is 20. The van der Waals surface area contributed by atoms with Gasteiger partial charge in [0.15, 0.2) is 0 Å². The minimum Gasteiger partial charge on any atom is -0.346 e. The van der Waals surface area contributed by atoms with Gasteiger partial charge in [-0.1, -0.05) is 121 Å². The summed E-state index contributed by atoms with van der Waals surface area (Å²) in [5.74, 6) is 0. The van der Waals surface area contributed by atoms with Gasteiger partial charge in [-0.2, -0.15) is 16.8 Å². The summed E-state index contributed by atoms with van der Waals surface area (Å²) in [6, 6.07) is 12.9. The van der Waals surface area contributed by atoms with E-state index in [0.717, 1.165) is 19.3 Å². The Morgan fingerprint density at radius 2 is 1.24 bits per heavy atom. The topological polar surface area (TPSA) is 124 Å². The molecular weight excluding hydrogens is 560 g/mol. The van der Waals surface area contributed by atoms with Crippen LogP contribution in [-0.4, -0.2) is 30.9 Å². The van der Waals surface area contributed by atoms with E-state index in [4.69, 9.17) is 0 Å². The fourth-order valence-corrected chi connectivity index (χ4v) is 7.39. The molecule has 0 saturated carbocycles. The zero-order valence-corrected chi connectivity index (χ0v) is 26.1. The molecule has 0 amide bonds. The van der Waals surface area contributed by atoms with Gasteiger partial charge >= 0.3 is 10.1 Å². The highest BCUT2D eigenvalue weighted by Crippen LogP contribution is 2.45. The van der Waals surface area contributed by atoms with E-state index in [1.165, 1.54) is 88.8 Å². The van der Waals surface area contributed by atoms with Crippen molar-refractivity contribution in [1.82, 2.24) is 0 Å². The van der Waals surface area contributed by atoms with Crippen LogP contribution in [0.3, 0.4) is 0 Å². The molecular formula is C31H48N2O6S2. The molecule has 41 heavy (non-hydrogen) atoms. The van der Waals surface area contributed by atoms with Crippen LogP contribution in [0.25, 0.3) is 0 Å². The van der Waals surface area contributed by atoms with Gasteiger partial charge in [0.2, 0.25) is 4.99 Å². The second kappa shape index (κ2) is 15.9. The van der Waals surface area contributed by atoms with Gasteiger partial charge in [-0.25, -0.2) is 0 Å². The van der Waals surface area contributed by atoms with Crippen molar-refractivity contribution in [2.24, 2.45) is 0 Å². The minimum atomic E-state index is -4.61. The molecule has 1 heterocycles. The van der Waals surface area contributed by atoms with Gasteiger partial charge in [0, 0.05) is 13.0 Å². The molecule has 8 nitrogen and oxygen atoms in total. The highest BCUT2D eigenvalue weighted by atomic mass is 32.2. The molecule has 230 valence electrons. The van der Waals surface area contributed by atoms with Gasteiger partial charge in [0.05, 0.1) is 16.3 Å². The lowest BCUT2D eigenvalue weighted by Gasteiger charge is -2.37. The second-order valence-corrected chi connectivity index (χ2v) is 14.4. The van der Waals surface area contributed by atoms with Crippen LogP contribution in [0.5, 0.6) is 0 Å². The molecule has 0 fully saturated rings. The van der Waals surface area contributed by atoms with Crippen LogP contribution in [0, 0.1) is 0 Å². The normalized spacial score (nSPS) is 17.0. The van der Waals surface area contributed by atoms with Crippen molar-refractivity contribution in [2.75, 3.05) is 10.2 Å². The van der Waals surface area contributed by atoms with Crippen LogP contribution in [0.2, 0.25) is 0 Å². The summed E-state index contributed by atoms with van der Waals surface area (Å²) in [5, 5.41) is 3.07. The van der Waals surface area contributed by atoms with Gasteiger partial charge in [-0.3, -0.25) is 9.11 Å². The lowest BCUT2D eigenvalue weighted by Crippen LogP contribution is -2.56. The average Bonchev–Trinajstić information content (AvgIpc) is 3.25. The Kier molecular flexibility index (Phi) is 12.9. The number of hydrogen-bond donors (Lipinski definition) is 3. The molecule has 1 aliphatic heterocycles. The number of nitrogens with zero attached hydrogens (tertiary/aromatic N) is 1. The first-order chi connectivity index (χ1) is 19.6. The maximum absolute atomic E-state index is 12.9. The van der Waals surface area contributed by atoms with Crippen molar-refractivity contribution in [3.05, 3.63) is 54.1 Å². The maximum atomic E-state index is 12.9. The number of para-hydroxylation sites is 2. The molecule has 0 spiro atoms. The van der Waals surface area contributed by atoms with Crippen molar-refractivity contribution in [2.45, 2.75) is 126 Å². The Labute approximate surface area is 247 Å². The lowest BCUT2D eigenvalue weighted by atomic mass is 10.0. The molecule has 0 aromatic heterocycles. The molecule has 1 aliphatic rings. The summed E-state index contributed by atoms with van der Waals surface area (Å²) < 4.78 is 69.2. The maximum Gasteiger partial charge on any atom is 0.308 e. The van der Waals surface area contributed by atoms with Gasteiger partial charge in [0.25, 0.3) is 10.1 Å². The zero-order chi connectivity index (χ0) is 29.8. The van der Waals surface area contributed by atoms with Crippen LogP contribution >= 0.6 is 0 Å². The molecule has 1 atom stereocenters. The van der Waals surface area contributed by atoms with Crippen LogP contribution in [0.1, 0.15) is 115 Å². The number of nitrogens with one attached hydrogen (secondary N) is 1. The first-order valence-corrected chi connectivity index (χ1v) is 18.1. The van der Waals surface area contributed by atoms with Crippen molar-refractivity contribution in [3.8, 4) is 0 Å². The van der Waals surface area contributed by atoms with Gasteiger partial charge < -0.3 is 10.2 Å². The largest absolute Gasteiger partial charge is 0.346 e. The van der Waals surface area contributed by atoms with E-state index in [1.54, 1.807) is 35.2 Å². The molecule has 0 saturated heterocycles. The summed E-state index contributed by atoms with van der Waals surface area (Å²) in [5.41, 5.74) is 1.67. The predicted octanol–water partition coefficient (Wildman–Crippen LogP) is 8.17. The van der Waals surface area contributed by atoms with E-state index in [1.807, 2.05) is 0 Å². The van der Waals surface area contributed by atoms with E-state index < -0.39 is 25.2 Å². The predicted molar refractivity (Wildman–Crippen MR) is 166 cm³/mol. The van der Waals surface area contributed by atoms with Crippen molar-refractivity contribution in [1.29, 1.82) is 0 Å². The molecule has 2 aromatic rings. The summed E-state index contributed by atoms with van der Waals surface area (Å²) in [6.45, 7) is 2.27. The average molecular weight is 609 g/mol. The first kappa shape index (κ1) is 33.4. The number of benzene rings is 2. The van der Waals surface area contributed by atoms with Crippen molar-refractivity contribution in [3.63, 3.8) is 0 Å². The highest BCUT2D eigenvalue weighted by molar-refractivity contribution is 7.87. The van der Waals surface area contributed by atoms with Gasteiger partial charge in [-0.05, 0) is 36.2 Å².